The summed E-state index contributed by atoms with van der Waals surface area (Å²) in [4.78, 5) is 13.5. The molecule has 0 aliphatic rings. The van der Waals surface area contributed by atoms with E-state index in [0.29, 0.717) is 5.56 Å². The van der Waals surface area contributed by atoms with Crippen molar-refractivity contribution >= 4 is 5.91 Å². The Morgan fingerprint density at radius 2 is 1.78 bits per heavy atom. The van der Waals surface area contributed by atoms with Gasteiger partial charge in [-0.2, -0.15) is 13.2 Å². The second-order valence-electron chi connectivity index (χ2n) is 5.28. The first kappa shape index (κ1) is 17.0. The highest BCUT2D eigenvalue weighted by molar-refractivity contribution is 5.95. The fraction of sp³-hybridized carbons (Fsp3) is 0.235. The minimum atomic E-state index is -4.49. The number of hydrogen-bond donors (Lipinski definition) is 0. The van der Waals surface area contributed by atoms with Crippen molar-refractivity contribution in [2.24, 2.45) is 0 Å². The maximum Gasteiger partial charge on any atom is 0.416 e. The molecule has 6 heteroatoms. The minimum absolute atomic E-state index is 0.00935. The smallest absolute Gasteiger partial charge is 0.337 e. The van der Waals surface area contributed by atoms with Gasteiger partial charge in [-0.1, -0.05) is 24.3 Å². The van der Waals surface area contributed by atoms with Crippen molar-refractivity contribution in [3.63, 3.8) is 0 Å². The summed E-state index contributed by atoms with van der Waals surface area (Å²) in [6.07, 6.45) is -4.49. The quantitative estimate of drug-likeness (QED) is 0.765. The normalized spacial score (nSPS) is 11.4. The van der Waals surface area contributed by atoms with Crippen molar-refractivity contribution in [2.45, 2.75) is 19.6 Å². The number of carbonyl (C=O) groups excluding carboxylic acids is 1. The molecule has 1 amide bonds. The Morgan fingerprint density at radius 3 is 2.43 bits per heavy atom. The van der Waals surface area contributed by atoms with Crippen LogP contribution in [0.3, 0.4) is 0 Å². The molecule has 0 fully saturated rings. The minimum Gasteiger partial charge on any atom is -0.337 e. The number of aryl methyl sites for hydroxylation is 1. The second-order valence-corrected chi connectivity index (χ2v) is 5.28. The van der Waals surface area contributed by atoms with Gasteiger partial charge < -0.3 is 4.90 Å². The lowest BCUT2D eigenvalue weighted by Gasteiger charge is -2.21. The largest absolute Gasteiger partial charge is 0.416 e. The average Bonchev–Trinajstić information content (AvgIpc) is 2.48. The molecule has 2 rings (SSSR count). The molecule has 2 aromatic carbocycles. The van der Waals surface area contributed by atoms with Crippen LogP contribution in [0.1, 0.15) is 27.0 Å². The molecule has 0 N–H and O–H groups in total. The molecule has 0 heterocycles. The Kier molecular flexibility index (Phi) is 4.73. The lowest BCUT2D eigenvalue weighted by molar-refractivity contribution is -0.138. The zero-order chi connectivity index (χ0) is 17.2. The standard InChI is InChI=1S/C17H15F4NO/c1-11-7-8-13(18)9-14(11)16(23)22(2)10-12-5-3-4-6-15(12)17(19,20)21/h3-9H,10H2,1-2H3. The van der Waals surface area contributed by atoms with Gasteiger partial charge in [-0.3, -0.25) is 4.79 Å². The van der Waals surface area contributed by atoms with Gasteiger partial charge in [-0.25, -0.2) is 4.39 Å². The summed E-state index contributed by atoms with van der Waals surface area (Å²) in [6, 6.07) is 8.85. The fourth-order valence-corrected chi connectivity index (χ4v) is 2.29. The molecule has 0 radical (unpaired) electrons. The molecule has 122 valence electrons. The molecule has 0 spiro atoms. The molecule has 0 saturated carbocycles. The summed E-state index contributed by atoms with van der Waals surface area (Å²) in [6.45, 7) is 1.43. The number of nitrogens with zero attached hydrogens (tertiary/aromatic N) is 1. The number of halogens is 4. The fourth-order valence-electron chi connectivity index (χ4n) is 2.29. The highest BCUT2D eigenvalue weighted by Crippen LogP contribution is 2.32. The van der Waals surface area contributed by atoms with E-state index in [2.05, 4.69) is 0 Å². The van der Waals surface area contributed by atoms with Crippen molar-refractivity contribution in [2.75, 3.05) is 7.05 Å². The molecule has 0 unspecified atom stereocenters. The van der Waals surface area contributed by atoms with E-state index in [-0.39, 0.29) is 17.7 Å². The molecule has 23 heavy (non-hydrogen) atoms. The van der Waals surface area contributed by atoms with Crippen LogP contribution in [-0.2, 0) is 12.7 Å². The number of rotatable bonds is 3. The molecule has 0 bridgehead atoms. The Morgan fingerprint density at radius 1 is 1.13 bits per heavy atom. The highest BCUT2D eigenvalue weighted by Gasteiger charge is 2.33. The third-order valence-corrected chi connectivity index (χ3v) is 3.51. The summed E-state index contributed by atoms with van der Waals surface area (Å²) >= 11 is 0. The molecule has 2 nitrogen and oxygen atoms in total. The number of benzene rings is 2. The van der Waals surface area contributed by atoms with Crippen LogP contribution < -0.4 is 0 Å². The zero-order valence-electron chi connectivity index (χ0n) is 12.6. The van der Waals surface area contributed by atoms with Crippen LogP contribution in [0.4, 0.5) is 17.6 Å². The Hall–Kier alpha value is -2.37. The zero-order valence-corrected chi connectivity index (χ0v) is 12.6. The van der Waals surface area contributed by atoms with E-state index in [1.54, 1.807) is 6.92 Å². The number of amides is 1. The van der Waals surface area contributed by atoms with Gasteiger partial charge in [0.15, 0.2) is 0 Å². The third kappa shape index (κ3) is 3.88. The number of carbonyl (C=O) groups is 1. The molecule has 0 aromatic heterocycles. The first-order valence-electron chi connectivity index (χ1n) is 6.87. The Labute approximate surface area is 131 Å². The number of alkyl halides is 3. The maximum absolute atomic E-state index is 13.3. The third-order valence-electron chi connectivity index (χ3n) is 3.51. The SMILES string of the molecule is Cc1ccc(F)cc1C(=O)N(C)Cc1ccccc1C(F)(F)F. The van der Waals surface area contributed by atoms with Crippen molar-refractivity contribution < 1.29 is 22.4 Å². The molecule has 0 aliphatic carbocycles. The first-order chi connectivity index (χ1) is 10.7. The highest BCUT2D eigenvalue weighted by atomic mass is 19.4. The van der Waals surface area contributed by atoms with Gasteiger partial charge in [0.05, 0.1) is 5.56 Å². The van der Waals surface area contributed by atoms with Crippen LogP contribution in [0.15, 0.2) is 42.5 Å². The van der Waals surface area contributed by atoms with Crippen LogP contribution in [0.2, 0.25) is 0 Å². The summed E-state index contributed by atoms with van der Waals surface area (Å²) in [5, 5.41) is 0. The van der Waals surface area contributed by atoms with E-state index < -0.39 is 23.5 Å². The van der Waals surface area contributed by atoms with Crippen molar-refractivity contribution in [1.82, 2.24) is 4.90 Å². The maximum atomic E-state index is 13.3. The molecule has 0 aliphatic heterocycles. The number of hydrogen-bond acceptors (Lipinski definition) is 1. The van der Waals surface area contributed by atoms with E-state index in [1.165, 1.54) is 37.4 Å². The molecule has 2 aromatic rings. The molecule has 0 saturated heterocycles. The predicted molar refractivity (Wildman–Crippen MR) is 78.4 cm³/mol. The summed E-state index contributed by atoms with van der Waals surface area (Å²) in [5.41, 5.74) is -0.0927. The van der Waals surface area contributed by atoms with Gasteiger partial charge in [0.1, 0.15) is 5.82 Å². The van der Waals surface area contributed by atoms with Gasteiger partial charge in [0, 0.05) is 19.2 Å². The molecular weight excluding hydrogens is 310 g/mol. The van der Waals surface area contributed by atoms with E-state index in [0.717, 1.165) is 17.0 Å². The molecular formula is C17H15F4NO. The summed E-state index contributed by atoms with van der Waals surface area (Å²) in [7, 11) is 1.39. The predicted octanol–water partition coefficient (Wildman–Crippen LogP) is 4.43. The molecule has 0 atom stereocenters. The summed E-state index contributed by atoms with van der Waals surface area (Å²) in [5.74, 6) is -1.10. The van der Waals surface area contributed by atoms with Crippen LogP contribution in [0, 0.1) is 12.7 Å². The lowest BCUT2D eigenvalue weighted by atomic mass is 10.0. The van der Waals surface area contributed by atoms with Crippen molar-refractivity contribution in [3.8, 4) is 0 Å². The van der Waals surface area contributed by atoms with E-state index >= 15 is 0 Å². The van der Waals surface area contributed by atoms with Gasteiger partial charge in [-0.05, 0) is 36.2 Å². The van der Waals surface area contributed by atoms with Crippen LogP contribution in [0.5, 0.6) is 0 Å². The van der Waals surface area contributed by atoms with Gasteiger partial charge in [-0.15, -0.1) is 0 Å². The lowest BCUT2D eigenvalue weighted by Crippen LogP contribution is -2.28. The summed E-state index contributed by atoms with van der Waals surface area (Å²) < 4.78 is 52.3. The second kappa shape index (κ2) is 6.40. The van der Waals surface area contributed by atoms with Gasteiger partial charge in [0.25, 0.3) is 5.91 Å². The Balaban J connectivity index is 2.28. The van der Waals surface area contributed by atoms with Crippen LogP contribution >= 0.6 is 0 Å². The van der Waals surface area contributed by atoms with Crippen LogP contribution in [-0.4, -0.2) is 17.9 Å². The van der Waals surface area contributed by atoms with E-state index in [9.17, 15) is 22.4 Å². The Bertz CT molecular complexity index is 725. The van der Waals surface area contributed by atoms with E-state index in [4.69, 9.17) is 0 Å². The first-order valence-corrected chi connectivity index (χ1v) is 6.87. The van der Waals surface area contributed by atoms with E-state index in [1.807, 2.05) is 0 Å². The monoisotopic (exact) mass is 325 g/mol. The topological polar surface area (TPSA) is 20.3 Å². The van der Waals surface area contributed by atoms with Crippen molar-refractivity contribution in [3.05, 3.63) is 70.5 Å². The average molecular weight is 325 g/mol. The van der Waals surface area contributed by atoms with Crippen molar-refractivity contribution in [1.29, 1.82) is 0 Å². The van der Waals surface area contributed by atoms with Gasteiger partial charge >= 0.3 is 6.18 Å². The van der Waals surface area contributed by atoms with Crippen LogP contribution in [0.25, 0.3) is 0 Å². The van der Waals surface area contributed by atoms with Gasteiger partial charge in [0.2, 0.25) is 0 Å².